The Bertz CT molecular complexity index is 933. The van der Waals surface area contributed by atoms with E-state index >= 15 is 0 Å². The fraction of sp³-hybridized carbons (Fsp3) is 0.235. The Labute approximate surface area is 125 Å². The number of H-pyrrole nitrogens is 1. The van der Waals surface area contributed by atoms with Gasteiger partial charge < -0.3 is 10.1 Å². The van der Waals surface area contributed by atoms with Crippen LogP contribution in [0.15, 0.2) is 34.4 Å². The van der Waals surface area contributed by atoms with Gasteiger partial charge in [-0.1, -0.05) is 6.08 Å². The Morgan fingerprint density at radius 1 is 1.19 bits per heavy atom. The highest BCUT2D eigenvalue weighted by molar-refractivity contribution is 7.17. The first-order valence-electron chi connectivity index (χ1n) is 7.20. The van der Waals surface area contributed by atoms with Crippen LogP contribution in [0.3, 0.4) is 0 Å². The van der Waals surface area contributed by atoms with Crippen LogP contribution in [0.4, 0.5) is 0 Å². The molecule has 21 heavy (non-hydrogen) atoms. The molecule has 0 spiro atoms. The van der Waals surface area contributed by atoms with E-state index in [0.29, 0.717) is 5.75 Å². The van der Waals surface area contributed by atoms with Crippen molar-refractivity contribution in [2.45, 2.75) is 25.7 Å². The minimum atomic E-state index is -0.0539. The van der Waals surface area contributed by atoms with Gasteiger partial charge in [-0.05, 0) is 54.8 Å². The lowest BCUT2D eigenvalue weighted by molar-refractivity contribution is 0.474. The van der Waals surface area contributed by atoms with Gasteiger partial charge in [0.25, 0.3) is 5.56 Å². The number of nitrogens with one attached hydrogen (secondary N) is 1. The summed E-state index contributed by atoms with van der Waals surface area (Å²) < 4.78 is 0.728. The van der Waals surface area contributed by atoms with Crippen LogP contribution in [0.1, 0.15) is 31.2 Å². The summed E-state index contributed by atoms with van der Waals surface area (Å²) in [6.45, 7) is 0. The topological polar surface area (TPSA) is 53.1 Å². The van der Waals surface area contributed by atoms with Crippen LogP contribution in [-0.4, -0.2) is 10.1 Å². The lowest BCUT2D eigenvalue weighted by Gasteiger charge is -2.17. The number of aromatic amines is 1. The number of allylic oxidation sites excluding steroid dienone is 2. The van der Waals surface area contributed by atoms with Crippen molar-refractivity contribution in [1.82, 2.24) is 4.98 Å². The summed E-state index contributed by atoms with van der Waals surface area (Å²) in [5.41, 5.74) is 2.84. The van der Waals surface area contributed by atoms with E-state index in [-0.39, 0.29) is 5.56 Å². The number of thiophene rings is 1. The van der Waals surface area contributed by atoms with Gasteiger partial charge in [-0.25, -0.2) is 0 Å². The number of rotatable bonds is 1. The summed E-state index contributed by atoms with van der Waals surface area (Å²) in [5, 5.41) is 14.2. The highest BCUT2D eigenvalue weighted by Gasteiger charge is 2.17. The van der Waals surface area contributed by atoms with Crippen molar-refractivity contribution in [1.29, 1.82) is 0 Å². The number of aromatic nitrogens is 1. The molecule has 1 aliphatic rings. The Morgan fingerprint density at radius 2 is 2.10 bits per heavy atom. The number of hydrogen-bond acceptors (Lipinski definition) is 3. The van der Waals surface area contributed by atoms with Crippen LogP contribution < -0.4 is 5.56 Å². The molecule has 0 atom stereocenters. The average Bonchev–Trinajstić information content (AvgIpc) is 2.99. The maximum atomic E-state index is 12.1. The van der Waals surface area contributed by atoms with E-state index in [1.165, 1.54) is 23.3 Å². The molecule has 0 saturated carbocycles. The maximum absolute atomic E-state index is 12.1. The number of pyridine rings is 1. The van der Waals surface area contributed by atoms with E-state index in [1.54, 1.807) is 12.1 Å². The third-order valence-electron chi connectivity index (χ3n) is 4.18. The number of phenols is 1. The van der Waals surface area contributed by atoms with Crippen LogP contribution in [-0.2, 0) is 0 Å². The Morgan fingerprint density at radius 3 is 2.90 bits per heavy atom. The molecular weight excluding hydrogens is 282 g/mol. The molecule has 0 bridgehead atoms. The van der Waals surface area contributed by atoms with Crippen LogP contribution in [0.2, 0.25) is 0 Å². The van der Waals surface area contributed by atoms with E-state index in [4.69, 9.17) is 0 Å². The standard InChI is InChI=1S/C17H15NO2S/c19-13-7-6-12-15(14(13)10-4-2-1-3-5-10)11-8-9-21-16(11)17(20)18-12/h4,6-9,19H,1-3,5H2,(H,18,20). The fourth-order valence-electron chi connectivity index (χ4n) is 3.23. The molecule has 0 fully saturated rings. The molecule has 4 heteroatoms. The first-order valence-corrected chi connectivity index (χ1v) is 8.08. The fourth-order valence-corrected chi connectivity index (χ4v) is 4.02. The van der Waals surface area contributed by atoms with E-state index in [9.17, 15) is 9.90 Å². The molecule has 1 aromatic carbocycles. The molecule has 0 unspecified atom stereocenters. The zero-order valence-corrected chi connectivity index (χ0v) is 12.3. The van der Waals surface area contributed by atoms with Gasteiger partial charge in [0, 0.05) is 21.9 Å². The summed E-state index contributed by atoms with van der Waals surface area (Å²) in [4.78, 5) is 15.0. The first kappa shape index (κ1) is 12.7. The molecule has 1 aliphatic carbocycles. The van der Waals surface area contributed by atoms with E-state index in [0.717, 1.165) is 45.8 Å². The van der Waals surface area contributed by atoms with Crippen LogP contribution in [0, 0.1) is 0 Å². The highest BCUT2D eigenvalue weighted by atomic mass is 32.1. The second-order valence-corrected chi connectivity index (χ2v) is 6.39. The van der Waals surface area contributed by atoms with Crippen LogP contribution in [0.25, 0.3) is 26.6 Å². The van der Waals surface area contributed by atoms with Gasteiger partial charge in [0.15, 0.2) is 0 Å². The molecule has 3 nitrogen and oxygen atoms in total. The lowest BCUT2D eigenvalue weighted by atomic mass is 9.90. The van der Waals surface area contributed by atoms with Crippen LogP contribution >= 0.6 is 11.3 Å². The molecule has 0 amide bonds. The van der Waals surface area contributed by atoms with Gasteiger partial charge in [-0.15, -0.1) is 11.3 Å². The van der Waals surface area contributed by atoms with E-state index in [2.05, 4.69) is 11.1 Å². The molecular formula is C17H15NO2S. The van der Waals surface area contributed by atoms with Crippen molar-refractivity contribution < 1.29 is 5.11 Å². The van der Waals surface area contributed by atoms with Crippen molar-refractivity contribution in [3.8, 4) is 5.75 Å². The number of benzene rings is 1. The van der Waals surface area contributed by atoms with Crippen molar-refractivity contribution in [3.63, 3.8) is 0 Å². The van der Waals surface area contributed by atoms with Gasteiger partial charge in [0.05, 0.1) is 0 Å². The number of aromatic hydroxyl groups is 1. The maximum Gasteiger partial charge on any atom is 0.266 e. The van der Waals surface area contributed by atoms with Crippen molar-refractivity contribution >= 4 is 37.9 Å². The Kier molecular flexibility index (Phi) is 2.86. The first-order chi connectivity index (χ1) is 10.3. The zero-order valence-electron chi connectivity index (χ0n) is 11.5. The minimum absolute atomic E-state index is 0.0539. The third kappa shape index (κ3) is 1.90. The molecule has 2 aromatic heterocycles. The molecule has 3 aromatic rings. The normalized spacial score (nSPS) is 15.5. The highest BCUT2D eigenvalue weighted by Crippen LogP contribution is 2.40. The predicted molar refractivity (Wildman–Crippen MR) is 88.1 cm³/mol. The molecule has 0 radical (unpaired) electrons. The van der Waals surface area contributed by atoms with Gasteiger partial charge in [-0.2, -0.15) is 0 Å². The lowest BCUT2D eigenvalue weighted by Crippen LogP contribution is -2.05. The molecule has 0 aliphatic heterocycles. The van der Waals surface area contributed by atoms with Gasteiger partial charge in [0.2, 0.25) is 0 Å². The Balaban J connectivity index is 2.18. The number of fused-ring (bicyclic) bond motifs is 3. The SMILES string of the molecule is O=c1[nH]c2ccc(O)c(C3=CCCCC3)c2c2ccsc12. The molecule has 106 valence electrons. The summed E-state index contributed by atoms with van der Waals surface area (Å²) in [5.74, 6) is 0.301. The van der Waals surface area contributed by atoms with Crippen molar-refractivity contribution in [2.75, 3.05) is 0 Å². The van der Waals surface area contributed by atoms with E-state index in [1.807, 2.05) is 11.4 Å². The predicted octanol–water partition coefficient (Wildman–Crippen LogP) is 4.41. The summed E-state index contributed by atoms with van der Waals surface area (Å²) in [7, 11) is 0. The monoisotopic (exact) mass is 297 g/mol. The minimum Gasteiger partial charge on any atom is -0.507 e. The summed E-state index contributed by atoms with van der Waals surface area (Å²) in [6.07, 6.45) is 6.62. The number of phenolic OH excluding ortho intramolecular Hbond substituents is 1. The van der Waals surface area contributed by atoms with Gasteiger partial charge in [0.1, 0.15) is 10.4 Å². The van der Waals surface area contributed by atoms with Crippen molar-refractivity contribution in [3.05, 3.63) is 45.6 Å². The van der Waals surface area contributed by atoms with Crippen LogP contribution in [0.5, 0.6) is 5.75 Å². The average molecular weight is 297 g/mol. The van der Waals surface area contributed by atoms with E-state index < -0.39 is 0 Å². The van der Waals surface area contributed by atoms with Gasteiger partial charge in [-0.3, -0.25) is 4.79 Å². The molecule has 2 heterocycles. The molecule has 0 saturated heterocycles. The third-order valence-corrected chi connectivity index (χ3v) is 5.10. The Hall–Kier alpha value is -2.07. The van der Waals surface area contributed by atoms with Crippen molar-refractivity contribution in [2.24, 2.45) is 0 Å². The zero-order chi connectivity index (χ0) is 14.4. The second-order valence-electron chi connectivity index (χ2n) is 5.47. The summed E-state index contributed by atoms with van der Waals surface area (Å²) in [6, 6.07) is 5.45. The largest absolute Gasteiger partial charge is 0.507 e. The summed E-state index contributed by atoms with van der Waals surface area (Å²) >= 11 is 1.45. The quantitative estimate of drug-likeness (QED) is 0.699. The molecule has 4 rings (SSSR count). The second kappa shape index (κ2) is 4.74. The number of hydrogen-bond donors (Lipinski definition) is 2. The van der Waals surface area contributed by atoms with Gasteiger partial charge >= 0.3 is 0 Å². The smallest absolute Gasteiger partial charge is 0.266 e. The molecule has 2 N–H and O–H groups in total.